The van der Waals surface area contributed by atoms with E-state index in [1.165, 1.54) is 4.68 Å². The second kappa shape index (κ2) is 4.00. The molecule has 0 aliphatic carbocycles. The Hall–Kier alpha value is -1.62. The highest BCUT2D eigenvalue weighted by atomic mass is 35.5. The molecule has 17 heavy (non-hydrogen) atoms. The molecule has 0 spiro atoms. The zero-order valence-electron chi connectivity index (χ0n) is 9.14. The van der Waals surface area contributed by atoms with Crippen LogP contribution in [-0.4, -0.2) is 19.3 Å². The fourth-order valence-corrected chi connectivity index (χ4v) is 2.18. The van der Waals surface area contributed by atoms with E-state index < -0.39 is 0 Å². The van der Waals surface area contributed by atoms with Crippen molar-refractivity contribution in [2.45, 2.75) is 25.9 Å². The van der Waals surface area contributed by atoms with Gasteiger partial charge >= 0.3 is 5.69 Å². The van der Waals surface area contributed by atoms with Crippen molar-refractivity contribution in [3.63, 3.8) is 0 Å². The van der Waals surface area contributed by atoms with Crippen molar-refractivity contribution >= 4 is 11.6 Å². The van der Waals surface area contributed by atoms with Gasteiger partial charge in [-0.1, -0.05) is 17.7 Å². The molecule has 2 aromatic rings. The maximum atomic E-state index is 11.9. The molecule has 0 saturated carbocycles. The number of halogens is 1. The largest absolute Gasteiger partial charge is 0.346 e. The van der Waals surface area contributed by atoms with Gasteiger partial charge in [0.15, 0.2) is 0 Å². The van der Waals surface area contributed by atoms with Crippen molar-refractivity contribution < 1.29 is 0 Å². The highest BCUT2D eigenvalue weighted by Gasteiger charge is 2.17. The van der Waals surface area contributed by atoms with Gasteiger partial charge in [-0.25, -0.2) is 14.5 Å². The van der Waals surface area contributed by atoms with Gasteiger partial charge in [-0.05, 0) is 18.1 Å². The van der Waals surface area contributed by atoms with Gasteiger partial charge in [-0.15, -0.1) is 0 Å². The first-order valence-electron chi connectivity index (χ1n) is 5.51. The second-order valence-electron chi connectivity index (χ2n) is 4.10. The summed E-state index contributed by atoms with van der Waals surface area (Å²) < 4.78 is 3.22. The molecule has 0 atom stereocenters. The van der Waals surface area contributed by atoms with Gasteiger partial charge in [-0.3, -0.25) is 4.57 Å². The van der Waals surface area contributed by atoms with E-state index in [9.17, 15) is 4.79 Å². The number of aromatic nitrogens is 4. The van der Waals surface area contributed by atoms with Crippen LogP contribution >= 0.6 is 11.6 Å². The topological polar surface area (TPSA) is 52.7 Å². The van der Waals surface area contributed by atoms with E-state index in [2.05, 4.69) is 10.1 Å². The quantitative estimate of drug-likeness (QED) is 0.750. The number of hydrogen-bond donors (Lipinski definition) is 0. The van der Waals surface area contributed by atoms with Crippen LogP contribution in [0.1, 0.15) is 17.8 Å². The van der Waals surface area contributed by atoms with Gasteiger partial charge in [0.1, 0.15) is 11.0 Å². The van der Waals surface area contributed by atoms with Crippen LogP contribution in [0.15, 0.2) is 23.1 Å². The van der Waals surface area contributed by atoms with Crippen molar-refractivity contribution in [3.05, 3.63) is 45.4 Å². The van der Waals surface area contributed by atoms with Crippen molar-refractivity contribution in [3.8, 4) is 0 Å². The zero-order chi connectivity index (χ0) is 11.8. The molecule has 3 heterocycles. The summed E-state index contributed by atoms with van der Waals surface area (Å²) in [6, 6.07) is 3.57. The molecule has 0 bridgehead atoms. The van der Waals surface area contributed by atoms with Crippen LogP contribution in [0.4, 0.5) is 0 Å². The predicted octanol–water partition coefficient (Wildman–Crippen LogP) is 1.09. The Bertz CT molecular complexity index is 599. The first-order chi connectivity index (χ1) is 8.24. The maximum Gasteiger partial charge on any atom is 0.346 e. The molecule has 0 saturated heterocycles. The molecule has 88 valence electrons. The molecule has 0 aromatic carbocycles. The van der Waals surface area contributed by atoms with Crippen LogP contribution in [0.25, 0.3) is 0 Å². The predicted molar refractivity (Wildman–Crippen MR) is 63.2 cm³/mol. The van der Waals surface area contributed by atoms with Crippen LogP contribution in [0.5, 0.6) is 0 Å². The van der Waals surface area contributed by atoms with Crippen LogP contribution in [0.2, 0.25) is 5.15 Å². The molecule has 6 heteroatoms. The molecular weight excluding hydrogens is 240 g/mol. The summed E-state index contributed by atoms with van der Waals surface area (Å²) in [5, 5.41) is 4.77. The van der Waals surface area contributed by atoms with Crippen LogP contribution < -0.4 is 5.69 Å². The lowest BCUT2D eigenvalue weighted by atomic mass is 10.3. The van der Waals surface area contributed by atoms with Crippen LogP contribution in [0, 0.1) is 0 Å². The summed E-state index contributed by atoms with van der Waals surface area (Å²) in [5.74, 6) is 0.886. The molecule has 1 aliphatic heterocycles. The molecule has 3 rings (SSSR count). The highest BCUT2D eigenvalue weighted by molar-refractivity contribution is 6.29. The first-order valence-corrected chi connectivity index (χ1v) is 5.89. The fraction of sp³-hybridized carbons (Fsp3) is 0.364. The van der Waals surface area contributed by atoms with Gasteiger partial charge in [0, 0.05) is 19.2 Å². The lowest BCUT2D eigenvalue weighted by Crippen LogP contribution is -2.24. The summed E-state index contributed by atoms with van der Waals surface area (Å²) in [6.07, 6.45) is 3.57. The number of pyridine rings is 1. The molecule has 1 aliphatic rings. The lowest BCUT2D eigenvalue weighted by molar-refractivity contribution is 0.609. The number of aryl methyl sites for hydroxylation is 1. The highest BCUT2D eigenvalue weighted by Crippen LogP contribution is 2.10. The third-order valence-corrected chi connectivity index (χ3v) is 3.13. The lowest BCUT2D eigenvalue weighted by Gasteiger charge is -2.00. The fourth-order valence-electron chi connectivity index (χ4n) is 2.07. The third kappa shape index (κ3) is 1.86. The average molecular weight is 251 g/mol. The second-order valence-corrected chi connectivity index (χ2v) is 4.49. The molecule has 0 fully saturated rings. The summed E-state index contributed by atoms with van der Waals surface area (Å²) in [5.41, 5.74) is 0.890. The van der Waals surface area contributed by atoms with Gasteiger partial charge in [-0.2, -0.15) is 5.10 Å². The minimum atomic E-state index is -0.0348. The van der Waals surface area contributed by atoms with Gasteiger partial charge < -0.3 is 0 Å². The Morgan fingerprint density at radius 2 is 2.29 bits per heavy atom. The van der Waals surface area contributed by atoms with E-state index in [0.717, 1.165) is 30.8 Å². The first kappa shape index (κ1) is 10.5. The van der Waals surface area contributed by atoms with Gasteiger partial charge in [0.2, 0.25) is 0 Å². The number of hydrogen-bond acceptors (Lipinski definition) is 3. The number of nitrogens with zero attached hydrogens (tertiary/aromatic N) is 4. The summed E-state index contributed by atoms with van der Waals surface area (Å²) in [6.45, 7) is 1.23. The average Bonchev–Trinajstić information content (AvgIpc) is 2.87. The zero-order valence-corrected chi connectivity index (χ0v) is 9.89. The molecule has 0 radical (unpaired) electrons. The Balaban J connectivity index is 1.91. The summed E-state index contributed by atoms with van der Waals surface area (Å²) in [7, 11) is 0. The summed E-state index contributed by atoms with van der Waals surface area (Å²) >= 11 is 5.71. The maximum absolute atomic E-state index is 11.9. The van der Waals surface area contributed by atoms with Crippen molar-refractivity contribution in [1.82, 2.24) is 19.3 Å². The smallest absolute Gasteiger partial charge is 0.279 e. The third-order valence-electron chi connectivity index (χ3n) is 2.90. The van der Waals surface area contributed by atoms with E-state index in [1.54, 1.807) is 16.8 Å². The normalized spacial score (nSPS) is 13.9. The molecule has 2 aromatic heterocycles. The monoisotopic (exact) mass is 250 g/mol. The van der Waals surface area contributed by atoms with Crippen molar-refractivity contribution in [2.75, 3.05) is 0 Å². The summed E-state index contributed by atoms with van der Waals surface area (Å²) in [4.78, 5) is 15.9. The van der Waals surface area contributed by atoms with E-state index >= 15 is 0 Å². The molecule has 0 unspecified atom stereocenters. The van der Waals surface area contributed by atoms with Gasteiger partial charge in [0.05, 0.1) is 6.54 Å². The Kier molecular flexibility index (Phi) is 2.48. The van der Waals surface area contributed by atoms with E-state index in [-0.39, 0.29) is 5.69 Å². The molecule has 0 amide bonds. The standard InChI is InChI=1S/C11H11ClN4O/c12-9-4-3-8(6-13-9)7-16-11(17)15-5-1-2-10(15)14-16/h3-4,6H,1-2,5,7H2. The molecular formula is C11H11ClN4O. The van der Waals surface area contributed by atoms with E-state index in [4.69, 9.17) is 11.6 Å². The van der Waals surface area contributed by atoms with Crippen molar-refractivity contribution in [1.29, 1.82) is 0 Å². The minimum Gasteiger partial charge on any atom is -0.279 e. The van der Waals surface area contributed by atoms with E-state index in [0.29, 0.717) is 11.7 Å². The molecule has 5 nitrogen and oxygen atoms in total. The Morgan fingerprint density at radius 1 is 1.41 bits per heavy atom. The minimum absolute atomic E-state index is 0.0348. The number of fused-ring (bicyclic) bond motifs is 1. The van der Waals surface area contributed by atoms with Crippen LogP contribution in [-0.2, 0) is 19.5 Å². The Labute approximate surface area is 103 Å². The SMILES string of the molecule is O=c1n(Cc2ccc(Cl)nc2)nc2n1CCC2. The van der Waals surface area contributed by atoms with Crippen molar-refractivity contribution in [2.24, 2.45) is 0 Å². The van der Waals surface area contributed by atoms with E-state index in [1.807, 2.05) is 6.07 Å². The number of rotatable bonds is 2. The Morgan fingerprint density at radius 3 is 3.00 bits per heavy atom. The molecule has 0 N–H and O–H groups in total. The van der Waals surface area contributed by atoms with Gasteiger partial charge in [0.25, 0.3) is 0 Å². The van der Waals surface area contributed by atoms with Crippen LogP contribution in [0.3, 0.4) is 0 Å².